The fraction of sp³-hybridized carbons (Fsp3) is 0.300. The summed E-state index contributed by atoms with van der Waals surface area (Å²) in [5.74, 6) is 0. The summed E-state index contributed by atoms with van der Waals surface area (Å²) in [6, 6.07) is 3.93. The van der Waals surface area contributed by atoms with Crippen LogP contribution in [0.3, 0.4) is 0 Å². The summed E-state index contributed by atoms with van der Waals surface area (Å²) in [6.07, 6.45) is -2.78. The van der Waals surface area contributed by atoms with E-state index in [4.69, 9.17) is 29.6 Å². The van der Waals surface area contributed by atoms with Crippen molar-refractivity contribution in [3.8, 4) is 0 Å². The van der Waals surface area contributed by atoms with E-state index in [1.807, 2.05) is 0 Å². The van der Waals surface area contributed by atoms with Crippen LogP contribution in [0, 0.1) is 0 Å². The van der Waals surface area contributed by atoms with Gasteiger partial charge in [0, 0.05) is 12.6 Å². The van der Waals surface area contributed by atoms with Crippen molar-refractivity contribution in [3.63, 3.8) is 0 Å². The minimum Gasteiger partial charge on any atom is -0.389 e. The molecule has 0 fully saturated rings. The van der Waals surface area contributed by atoms with Crippen molar-refractivity contribution in [3.05, 3.63) is 28.8 Å². The van der Waals surface area contributed by atoms with E-state index in [1.165, 1.54) is 18.2 Å². The lowest BCUT2D eigenvalue weighted by Gasteiger charge is -2.18. The first-order valence-electron chi connectivity index (χ1n) is 5.00. The van der Waals surface area contributed by atoms with Crippen molar-refractivity contribution in [2.45, 2.75) is 11.3 Å². The van der Waals surface area contributed by atoms with Crippen LogP contribution in [0.1, 0.15) is 5.56 Å². The van der Waals surface area contributed by atoms with E-state index < -0.39 is 23.0 Å². The van der Waals surface area contributed by atoms with Gasteiger partial charge >= 0.3 is 0 Å². The average molecular weight is 329 g/mol. The van der Waals surface area contributed by atoms with E-state index in [-0.39, 0.29) is 14.9 Å². The number of nitrogens with two attached hydrogens (primary N) is 1. The Morgan fingerprint density at radius 3 is 2.58 bits per heavy atom. The number of halogens is 3. The number of hydrogen-bond donors (Lipinski definition) is 1. The van der Waals surface area contributed by atoms with Crippen molar-refractivity contribution in [1.82, 2.24) is 4.31 Å². The second-order valence-corrected chi connectivity index (χ2v) is 6.55. The molecule has 0 spiro atoms. The molecule has 1 aromatic rings. The average Bonchev–Trinajstić information content (AvgIpc) is 2.27. The Hall–Kier alpha value is -0.830. The molecule has 0 aliphatic carbocycles. The fourth-order valence-electron chi connectivity index (χ4n) is 1.31. The summed E-state index contributed by atoms with van der Waals surface area (Å²) in [6.45, 7) is -0.921. The van der Waals surface area contributed by atoms with Crippen LogP contribution in [0.2, 0.25) is 5.02 Å². The number of sulfonamides is 1. The number of thiocarbonyl (C=S) groups is 1. The second-order valence-electron chi connectivity index (χ2n) is 3.69. The number of benzene rings is 1. The Balaban J connectivity index is 3.28. The van der Waals surface area contributed by atoms with Crippen LogP contribution in [0.15, 0.2) is 23.1 Å². The highest BCUT2D eigenvalue weighted by atomic mass is 35.5. The van der Waals surface area contributed by atoms with Gasteiger partial charge in [0.2, 0.25) is 10.0 Å². The first-order chi connectivity index (χ1) is 8.66. The Labute approximate surface area is 120 Å². The lowest BCUT2D eigenvalue weighted by Crippen LogP contribution is -2.31. The molecule has 0 radical (unpaired) electrons. The van der Waals surface area contributed by atoms with Crippen LogP contribution >= 0.6 is 23.8 Å². The highest BCUT2D eigenvalue weighted by molar-refractivity contribution is 7.89. The largest absolute Gasteiger partial charge is 0.389 e. The third-order valence-corrected chi connectivity index (χ3v) is 4.84. The van der Waals surface area contributed by atoms with Gasteiger partial charge in [0.1, 0.15) is 9.88 Å². The number of nitrogens with zero attached hydrogens (tertiary/aromatic N) is 1. The molecule has 0 saturated carbocycles. The van der Waals surface area contributed by atoms with E-state index in [0.29, 0.717) is 9.87 Å². The first-order valence-corrected chi connectivity index (χ1v) is 7.22. The summed E-state index contributed by atoms with van der Waals surface area (Å²) in [4.78, 5) is -0.313. The standard InChI is InChI=1S/C10H11ClF2N2O2S2/c1-15(5-9(12)13)19(16,17)8-4-6(10(14)18)2-3-7(8)11/h2-4,9H,5H2,1H3,(H2,14,18). The van der Waals surface area contributed by atoms with Gasteiger partial charge in [-0.2, -0.15) is 4.31 Å². The molecule has 0 aromatic heterocycles. The number of hydrogen-bond acceptors (Lipinski definition) is 3. The molecule has 1 rings (SSSR count). The van der Waals surface area contributed by atoms with E-state index in [0.717, 1.165) is 7.05 Å². The Bertz CT molecular complexity index is 593. The summed E-state index contributed by atoms with van der Waals surface area (Å²) in [7, 11) is -3.07. The summed E-state index contributed by atoms with van der Waals surface area (Å²) in [5, 5.41) is -0.0823. The minimum absolute atomic E-state index is 0.00960. The van der Waals surface area contributed by atoms with Crippen LogP contribution in [0.25, 0.3) is 0 Å². The highest BCUT2D eigenvalue weighted by Crippen LogP contribution is 2.25. The minimum atomic E-state index is -4.11. The lowest BCUT2D eigenvalue weighted by atomic mass is 10.2. The smallest absolute Gasteiger partial charge is 0.252 e. The van der Waals surface area contributed by atoms with Crippen LogP contribution < -0.4 is 5.73 Å². The third-order valence-electron chi connectivity index (χ3n) is 2.30. The van der Waals surface area contributed by atoms with Crippen molar-refractivity contribution in [2.75, 3.05) is 13.6 Å². The quantitative estimate of drug-likeness (QED) is 0.838. The second kappa shape index (κ2) is 6.08. The summed E-state index contributed by atoms with van der Waals surface area (Å²) < 4.78 is 49.2. The van der Waals surface area contributed by atoms with Gasteiger partial charge in [-0.25, -0.2) is 17.2 Å². The molecule has 0 saturated heterocycles. The molecule has 106 valence electrons. The Morgan fingerprint density at radius 2 is 2.11 bits per heavy atom. The zero-order chi connectivity index (χ0) is 14.8. The predicted molar refractivity (Wildman–Crippen MR) is 73.2 cm³/mol. The summed E-state index contributed by atoms with van der Waals surface area (Å²) >= 11 is 10.5. The maximum atomic E-state index is 12.3. The van der Waals surface area contributed by atoms with Crippen molar-refractivity contribution < 1.29 is 17.2 Å². The van der Waals surface area contributed by atoms with E-state index >= 15 is 0 Å². The molecule has 0 unspecified atom stereocenters. The van der Waals surface area contributed by atoms with Gasteiger partial charge < -0.3 is 5.73 Å². The molecular formula is C10H11ClF2N2O2S2. The molecule has 0 heterocycles. The molecule has 19 heavy (non-hydrogen) atoms. The fourth-order valence-corrected chi connectivity index (χ4v) is 3.09. The lowest BCUT2D eigenvalue weighted by molar-refractivity contribution is 0.126. The van der Waals surface area contributed by atoms with E-state index in [2.05, 4.69) is 0 Å². The van der Waals surface area contributed by atoms with Gasteiger partial charge in [-0.05, 0) is 12.1 Å². The monoisotopic (exact) mass is 328 g/mol. The number of rotatable bonds is 5. The molecule has 0 atom stereocenters. The summed E-state index contributed by atoms with van der Waals surface area (Å²) in [5.41, 5.74) is 5.69. The molecule has 9 heteroatoms. The first kappa shape index (κ1) is 16.2. The number of alkyl halides is 2. The molecule has 2 N–H and O–H groups in total. The van der Waals surface area contributed by atoms with E-state index in [9.17, 15) is 17.2 Å². The maximum Gasteiger partial charge on any atom is 0.252 e. The Morgan fingerprint density at radius 1 is 1.53 bits per heavy atom. The van der Waals surface area contributed by atoms with Crippen LogP contribution in [0.5, 0.6) is 0 Å². The van der Waals surface area contributed by atoms with Crippen LogP contribution in [0.4, 0.5) is 8.78 Å². The normalized spacial score (nSPS) is 12.1. The van der Waals surface area contributed by atoms with Gasteiger partial charge in [-0.15, -0.1) is 0 Å². The highest BCUT2D eigenvalue weighted by Gasteiger charge is 2.26. The van der Waals surface area contributed by atoms with Gasteiger partial charge in [0.15, 0.2) is 0 Å². The molecule has 0 amide bonds. The maximum absolute atomic E-state index is 12.3. The molecule has 0 aliphatic rings. The van der Waals surface area contributed by atoms with Crippen LogP contribution in [-0.4, -0.2) is 37.7 Å². The predicted octanol–water partition coefficient (Wildman–Crippen LogP) is 1.86. The van der Waals surface area contributed by atoms with Crippen LogP contribution in [-0.2, 0) is 10.0 Å². The Kier molecular flexibility index (Phi) is 5.19. The van der Waals surface area contributed by atoms with Gasteiger partial charge in [-0.1, -0.05) is 29.9 Å². The van der Waals surface area contributed by atoms with Gasteiger partial charge in [-0.3, -0.25) is 0 Å². The van der Waals surface area contributed by atoms with Gasteiger partial charge in [0.05, 0.1) is 11.6 Å². The van der Waals surface area contributed by atoms with E-state index in [1.54, 1.807) is 0 Å². The third kappa shape index (κ3) is 3.82. The zero-order valence-corrected chi connectivity index (χ0v) is 12.2. The molecule has 4 nitrogen and oxygen atoms in total. The zero-order valence-electron chi connectivity index (χ0n) is 9.81. The van der Waals surface area contributed by atoms with Crippen molar-refractivity contribution in [1.29, 1.82) is 0 Å². The molecule has 1 aromatic carbocycles. The topological polar surface area (TPSA) is 63.4 Å². The van der Waals surface area contributed by atoms with Crippen molar-refractivity contribution >= 4 is 38.8 Å². The van der Waals surface area contributed by atoms with Gasteiger partial charge in [0.25, 0.3) is 6.43 Å². The molecule has 0 aliphatic heterocycles. The SMILES string of the molecule is CN(CC(F)F)S(=O)(=O)c1cc(C(N)=S)ccc1Cl. The molecular weight excluding hydrogens is 318 g/mol. The van der Waals surface area contributed by atoms with Crippen molar-refractivity contribution in [2.24, 2.45) is 5.73 Å². The molecule has 0 bridgehead atoms.